The van der Waals surface area contributed by atoms with Crippen LogP contribution in [0.1, 0.15) is 16.7 Å². The molecule has 0 fully saturated rings. The molecule has 6 nitrogen and oxygen atoms in total. The Bertz CT molecular complexity index is 1200. The Morgan fingerprint density at radius 3 is 2.54 bits per heavy atom. The van der Waals surface area contributed by atoms with Gasteiger partial charge >= 0.3 is 0 Å². The molecular weight excluding hydrogens is 352 g/mol. The van der Waals surface area contributed by atoms with E-state index in [4.69, 9.17) is 15.0 Å². The van der Waals surface area contributed by atoms with Crippen LogP contribution in [0.25, 0.3) is 28.0 Å². The van der Waals surface area contributed by atoms with Gasteiger partial charge in [0.05, 0.1) is 49.3 Å². The number of aliphatic hydroxyl groups is 1. The molecule has 0 aliphatic heterocycles. The first-order chi connectivity index (χ1) is 13.7. The summed E-state index contributed by atoms with van der Waals surface area (Å²) in [7, 11) is 1.58. The molecule has 2 aromatic carbocycles. The van der Waals surface area contributed by atoms with Gasteiger partial charge in [-0.15, -0.1) is 0 Å². The molecule has 0 aliphatic rings. The van der Waals surface area contributed by atoms with Crippen molar-refractivity contribution >= 4 is 5.52 Å². The van der Waals surface area contributed by atoms with Gasteiger partial charge in [-0.1, -0.05) is 24.3 Å². The van der Waals surface area contributed by atoms with Gasteiger partial charge in [0.2, 0.25) is 5.88 Å². The average Bonchev–Trinajstić information content (AvgIpc) is 3.22. The molecule has 2 heterocycles. The van der Waals surface area contributed by atoms with Gasteiger partial charge in [-0.05, 0) is 36.2 Å². The molecule has 0 amide bonds. The number of rotatable bonds is 4. The monoisotopic (exact) mass is 370 g/mol. The van der Waals surface area contributed by atoms with Crippen LogP contribution in [0.3, 0.4) is 0 Å². The van der Waals surface area contributed by atoms with Crippen LogP contribution < -0.4 is 4.74 Å². The average molecular weight is 370 g/mol. The number of aliphatic hydroxyl groups excluding tert-OH is 1. The molecule has 0 aliphatic carbocycles. The SMILES string of the molecule is COc1nc(-c2ccc(C#N)cc2)c(-c2ccc(CO)c(C)c2)n2cncc12. The number of imidazole rings is 1. The number of nitrogens with zero attached hydrogens (tertiary/aromatic N) is 4. The molecule has 138 valence electrons. The Hall–Kier alpha value is -3.69. The fraction of sp³-hybridized carbons (Fsp3) is 0.136. The van der Waals surface area contributed by atoms with Crippen molar-refractivity contribution in [1.82, 2.24) is 14.4 Å². The van der Waals surface area contributed by atoms with Crippen LogP contribution >= 0.6 is 0 Å². The van der Waals surface area contributed by atoms with Gasteiger partial charge in [-0.2, -0.15) is 5.26 Å². The Kier molecular flexibility index (Phi) is 4.52. The number of methoxy groups -OCH3 is 1. The molecule has 1 N–H and O–H groups in total. The maximum Gasteiger partial charge on any atom is 0.240 e. The van der Waals surface area contributed by atoms with Crippen LogP contribution in [0.2, 0.25) is 0 Å². The van der Waals surface area contributed by atoms with Crippen molar-refractivity contribution < 1.29 is 9.84 Å². The molecule has 0 unspecified atom stereocenters. The number of ether oxygens (including phenoxy) is 1. The first-order valence-corrected chi connectivity index (χ1v) is 8.77. The highest BCUT2D eigenvalue weighted by atomic mass is 16.5. The van der Waals surface area contributed by atoms with E-state index in [1.54, 1.807) is 31.8 Å². The smallest absolute Gasteiger partial charge is 0.240 e. The van der Waals surface area contributed by atoms with Gasteiger partial charge < -0.3 is 9.84 Å². The van der Waals surface area contributed by atoms with E-state index < -0.39 is 0 Å². The fourth-order valence-electron chi connectivity index (χ4n) is 3.31. The number of hydrogen-bond donors (Lipinski definition) is 1. The standard InChI is InChI=1S/C22H18N4O2/c1-14-9-17(7-8-18(14)12-27)21-20(16-5-3-15(10-23)4-6-16)25-22(28-2)19-11-24-13-26(19)21/h3-9,11,13,27H,12H2,1-2H3. The van der Waals surface area contributed by atoms with Crippen molar-refractivity contribution in [3.63, 3.8) is 0 Å². The van der Waals surface area contributed by atoms with Crippen molar-refractivity contribution in [1.29, 1.82) is 5.26 Å². The van der Waals surface area contributed by atoms with Gasteiger partial charge in [0.25, 0.3) is 0 Å². The first kappa shape index (κ1) is 17.7. The third-order valence-electron chi connectivity index (χ3n) is 4.80. The molecule has 0 saturated carbocycles. The summed E-state index contributed by atoms with van der Waals surface area (Å²) in [6, 6.07) is 15.3. The predicted octanol–water partition coefficient (Wildman–Crippen LogP) is 3.74. The van der Waals surface area contributed by atoms with E-state index in [0.29, 0.717) is 11.4 Å². The largest absolute Gasteiger partial charge is 0.479 e. The Labute approximate surface area is 162 Å². The molecule has 0 bridgehead atoms. The highest BCUT2D eigenvalue weighted by molar-refractivity contribution is 5.82. The zero-order chi connectivity index (χ0) is 19.7. The van der Waals surface area contributed by atoms with Crippen molar-refractivity contribution in [2.75, 3.05) is 7.11 Å². The van der Waals surface area contributed by atoms with Crippen molar-refractivity contribution in [3.05, 3.63) is 71.7 Å². The molecule has 0 saturated heterocycles. The quantitative estimate of drug-likeness (QED) is 0.592. The van der Waals surface area contributed by atoms with E-state index in [1.807, 2.05) is 41.7 Å². The minimum absolute atomic E-state index is 0.00403. The fourth-order valence-corrected chi connectivity index (χ4v) is 3.31. The maximum absolute atomic E-state index is 9.50. The number of aromatic nitrogens is 3. The van der Waals surface area contributed by atoms with Crippen LogP contribution in [0, 0.1) is 18.3 Å². The van der Waals surface area contributed by atoms with Gasteiger partial charge in [-0.3, -0.25) is 4.40 Å². The summed E-state index contributed by atoms with van der Waals surface area (Å²) in [5.74, 6) is 0.476. The van der Waals surface area contributed by atoms with E-state index in [1.165, 1.54) is 0 Å². The van der Waals surface area contributed by atoms with E-state index in [0.717, 1.165) is 39.2 Å². The Balaban J connectivity index is 2.04. The predicted molar refractivity (Wildman–Crippen MR) is 106 cm³/mol. The van der Waals surface area contributed by atoms with Crippen LogP contribution in [-0.4, -0.2) is 26.6 Å². The number of benzene rings is 2. The summed E-state index contributed by atoms with van der Waals surface area (Å²) >= 11 is 0. The summed E-state index contributed by atoms with van der Waals surface area (Å²) in [5, 5.41) is 18.6. The summed E-state index contributed by atoms with van der Waals surface area (Å²) < 4.78 is 7.44. The van der Waals surface area contributed by atoms with E-state index in [2.05, 4.69) is 11.1 Å². The van der Waals surface area contributed by atoms with Crippen LogP contribution in [-0.2, 0) is 6.61 Å². The summed E-state index contributed by atoms with van der Waals surface area (Å²) in [4.78, 5) is 9.02. The molecule has 28 heavy (non-hydrogen) atoms. The lowest BCUT2D eigenvalue weighted by atomic mass is 9.99. The molecule has 0 atom stereocenters. The van der Waals surface area contributed by atoms with Crippen molar-refractivity contribution in [3.8, 4) is 34.5 Å². The van der Waals surface area contributed by atoms with E-state index >= 15 is 0 Å². The minimum atomic E-state index is -0.00403. The molecule has 4 rings (SSSR count). The Morgan fingerprint density at radius 2 is 1.89 bits per heavy atom. The highest BCUT2D eigenvalue weighted by Gasteiger charge is 2.18. The normalized spacial score (nSPS) is 10.8. The van der Waals surface area contributed by atoms with Gasteiger partial charge in [0, 0.05) is 11.1 Å². The summed E-state index contributed by atoms with van der Waals surface area (Å²) in [5.41, 5.74) is 6.64. The number of fused-ring (bicyclic) bond motifs is 1. The molecule has 0 spiro atoms. The topological polar surface area (TPSA) is 83.4 Å². The minimum Gasteiger partial charge on any atom is -0.479 e. The highest BCUT2D eigenvalue weighted by Crippen LogP contribution is 2.35. The molecule has 6 heteroatoms. The van der Waals surface area contributed by atoms with Crippen molar-refractivity contribution in [2.24, 2.45) is 0 Å². The second-order valence-electron chi connectivity index (χ2n) is 6.46. The van der Waals surface area contributed by atoms with Crippen LogP contribution in [0.15, 0.2) is 55.0 Å². The molecule has 0 radical (unpaired) electrons. The number of hydrogen-bond acceptors (Lipinski definition) is 5. The van der Waals surface area contributed by atoms with E-state index in [9.17, 15) is 5.11 Å². The lowest BCUT2D eigenvalue weighted by molar-refractivity contribution is 0.281. The Morgan fingerprint density at radius 1 is 1.14 bits per heavy atom. The second-order valence-corrected chi connectivity index (χ2v) is 6.46. The van der Waals surface area contributed by atoms with Gasteiger partial charge in [0.1, 0.15) is 5.52 Å². The molecule has 4 aromatic rings. The third kappa shape index (κ3) is 2.88. The van der Waals surface area contributed by atoms with Gasteiger partial charge in [0.15, 0.2) is 0 Å². The van der Waals surface area contributed by atoms with E-state index in [-0.39, 0.29) is 6.61 Å². The summed E-state index contributed by atoms with van der Waals surface area (Å²) in [6.07, 6.45) is 3.45. The second kappa shape index (κ2) is 7.14. The summed E-state index contributed by atoms with van der Waals surface area (Å²) in [6.45, 7) is 1.97. The third-order valence-corrected chi connectivity index (χ3v) is 4.80. The van der Waals surface area contributed by atoms with Crippen LogP contribution in [0.5, 0.6) is 5.88 Å². The van der Waals surface area contributed by atoms with Crippen LogP contribution in [0.4, 0.5) is 0 Å². The number of nitriles is 1. The van der Waals surface area contributed by atoms with Crippen molar-refractivity contribution in [2.45, 2.75) is 13.5 Å². The lowest BCUT2D eigenvalue weighted by Crippen LogP contribution is -2.02. The number of aryl methyl sites for hydroxylation is 1. The zero-order valence-corrected chi connectivity index (χ0v) is 15.5. The first-order valence-electron chi connectivity index (χ1n) is 8.77. The molecule has 2 aromatic heterocycles. The zero-order valence-electron chi connectivity index (χ0n) is 15.5. The van der Waals surface area contributed by atoms with Gasteiger partial charge in [-0.25, -0.2) is 9.97 Å². The maximum atomic E-state index is 9.50. The lowest BCUT2D eigenvalue weighted by Gasteiger charge is -2.16. The molecular formula is C22H18N4O2.